The van der Waals surface area contributed by atoms with E-state index in [0.717, 1.165) is 5.56 Å². The third-order valence-corrected chi connectivity index (χ3v) is 4.77. The average molecular weight is 372 g/mol. The number of carboxylic acid groups (broad SMARTS) is 1. The van der Waals surface area contributed by atoms with Gasteiger partial charge in [-0.3, -0.25) is 9.59 Å². The second-order valence-electron chi connectivity index (χ2n) is 6.64. The molecule has 0 radical (unpaired) electrons. The van der Waals surface area contributed by atoms with Gasteiger partial charge in [0.2, 0.25) is 0 Å². The van der Waals surface area contributed by atoms with Gasteiger partial charge in [0.05, 0.1) is 28.1 Å². The smallest absolute Gasteiger partial charge is 0.337 e. The number of rotatable bonds is 3. The molecule has 0 spiro atoms. The van der Waals surface area contributed by atoms with Crippen LogP contribution < -0.4 is 11.1 Å². The number of carbonyl (C=O) groups excluding carboxylic acids is 2. The summed E-state index contributed by atoms with van der Waals surface area (Å²) in [6, 6.07) is 15.1. The second-order valence-corrected chi connectivity index (χ2v) is 6.64. The number of nitrogens with two attached hydrogens (primary N) is 1. The number of ketones is 2. The topological polar surface area (TPSA) is 109 Å². The molecule has 3 aromatic carbocycles. The number of aromatic carboxylic acids is 1. The number of carbonyl (C=O) groups is 3. The van der Waals surface area contributed by atoms with Crippen LogP contribution in [0.2, 0.25) is 0 Å². The summed E-state index contributed by atoms with van der Waals surface area (Å²) in [5.41, 5.74) is 7.99. The van der Waals surface area contributed by atoms with Crippen molar-refractivity contribution >= 4 is 34.6 Å². The second kappa shape index (κ2) is 6.35. The highest BCUT2D eigenvalue weighted by molar-refractivity contribution is 6.32. The van der Waals surface area contributed by atoms with E-state index >= 15 is 0 Å². The molecule has 28 heavy (non-hydrogen) atoms. The molecule has 0 aromatic heterocycles. The van der Waals surface area contributed by atoms with Crippen LogP contribution in [0.1, 0.15) is 47.8 Å². The van der Waals surface area contributed by atoms with Gasteiger partial charge >= 0.3 is 5.97 Å². The number of hydrogen-bond donors (Lipinski definition) is 3. The summed E-state index contributed by atoms with van der Waals surface area (Å²) < 4.78 is 0. The predicted octanol–water partition coefficient (Wildman–Crippen LogP) is 3.79. The van der Waals surface area contributed by atoms with Crippen molar-refractivity contribution in [2.75, 3.05) is 11.1 Å². The number of fused-ring (bicyclic) bond motifs is 2. The Hall–Kier alpha value is -3.93. The molecular weight excluding hydrogens is 356 g/mol. The van der Waals surface area contributed by atoms with Crippen LogP contribution in [0.25, 0.3) is 0 Å². The molecule has 1 aliphatic carbocycles. The molecule has 0 saturated heterocycles. The van der Waals surface area contributed by atoms with Crippen LogP contribution in [0.3, 0.4) is 0 Å². The molecule has 0 atom stereocenters. The normalized spacial score (nSPS) is 12.3. The van der Waals surface area contributed by atoms with E-state index in [1.807, 2.05) is 25.1 Å². The van der Waals surface area contributed by atoms with Crippen LogP contribution in [0.5, 0.6) is 0 Å². The molecule has 0 fully saturated rings. The number of aryl methyl sites for hydroxylation is 1. The van der Waals surface area contributed by atoms with Crippen LogP contribution >= 0.6 is 0 Å². The first-order valence-corrected chi connectivity index (χ1v) is 8.60. The summed E-state index contributed by atoms with van der Waals surface area (Å²) in [7, 11) is 0. The molecule has 6 nitrogen and oxygen atoms in total. The van der Waals surface area contributed by atoms with E-state index in [9.17, 15) is 19.5 Å². The fourth-order valence-electron chi connectivity index (χ4n) is 3.47. The maximum atomic E-state index is 13.2. The summed E-state index contributed by atoms with van der Waals surface area (Å²) >= 11 is 0. The maximum Gasteiger partial charge on any atom is 0.337 e. The van der Waals surface area contributed by atoms with Crippen molar-refractivity contribution in [3.05, 3.63) is 88.0 Å². The Balaban J connectivity index is 1.99. The van der Waals surface area contributed by atoms with Gasteiger partial charge in [0, 0.05) is 16.8 Å². The Morgan fingerprint density at radius 3 is 2.18 bits per heavy atom. The van der Waals surface area contributed by atoms with E-state index in [1.54, 1.807) is 30.3 Å². The first kappa shape index (κ1) is 17.5. The Labute approximate surface area is 160 Å². The van der Waals surface area contributed by atoms with Crippen LogP contribution in [-0.2, 0) is 0 Å². The first-order chi connectivity index (χ1) is 13.4. The van der Waals surface area contributed by atoms with Crippen LogP contribution in [0.4, 0.5) is 17.1 Å². The summed E-state index contributed by atoms with van der Waals surface area (Å²) in [5, 5.41) is 12.6. The lowest BCUT2D eigenvalue weighted by Crippen LogP contribution is -2.25. The molecule has 0 saturated carbocycles. The summed E-state index contributed by atoms with van der Waals surface area (Å²) in [6.45, 7) is 1.91. The number of hydrogen-bond acceptors (Lipinski definition) is 5. The standard InChI is InChI=1S/C22H16N2O4/c1-11-5-4-6-12(9-11)24-16-10-15(22(27)28)19(23)18-17(16)20(25)13-7-2-3-8-14(13)21(18)26/h2-10,24H,23H2,1H3,(H,27,28). The van der Waals surface area contributed by atoms with E-state index < -0.39 is 11.8 Å². The highest BCUT2D eigenvalue weighted by Gasteiger charge is 2.35. The quantitative estimate of drug-likeness (QED) is 0.472. The van der Waals surface area contributed by atoms with E-state index in [4.69, 9.17) is 5.73 Å². The molecular formula is C22H16N2O4. The largest absolute Gasteiger partial charge is 0.478 e. The fraction of sp³-hybridized carbons (Fsp3) is 0.0455. The zero-order valence-corrected chi connectivity index (χ0v) is 14.9. The van der Waals surface area contributed by atoms with Gasteiger partial charge in [-0.05, 0) is 30.7 Å². The SMILES string of the molecule is Cc1cccc(Nc2cc(C(=O)O)c(N)c3c2C(=O)c2ccccc2C3=O)c1. The van der Waals surface area contributed by atoms with Crippen LogP contribution in [-0.4, -0.2) is 22.6 Å². The van der Waals surface area contributed by atoms with E-state index in [2.05, 4.69) is 5.32 Å². The lowest BCUT2D eigenvalue weighted by molar-refractivity contribution is 0.0697. The van der Waals surface area contributed by atoms with Crippen molar-refractivity contribution in [3.63, 3.8) is 0 Å². The van der Waals surface area contributed by atoms with Crippen molar-refractivity contribution in [2.24, 2.45) is 0 Å². The summed E-state index contributed by atoms with van der Waals surface area (Å²) in [4.78, 5) is 37.9. The van der Waals surface area contributed by atoms with Gasteiger partial charge < -0.3 is 16.2 Å². The molecule has 4 N–H and O–H groups in total. The van der Waals surface area contributed by atoms with Gasteiger partial charge in [-0.25, -0.2) is 4.79 Å². The van der Waals surface area contributed by atoms with Crippen molar-refractivity contribution in [1.29, 1.82) is 0 Å². The lowest BCUT2D eigenvalue weighted by atomic mass is 9.81. The van der Waals surface area contributed by atoms with Crippen LogP contribution in [0, 0.1) is 6.92 Å². The van der Waals surface area contributed by atoms with Gasteiger partial charge in [0.1, 0.15) is 0 Å². The van der Waals surface area contributed by atoms with Gasteiger partial charge in [-0.1, -0.05) is 36.4 Å². The monoisotopic (exact) mass is 372 g/mol. The average Bonchev–Trinajstić information content (AvgIpc) is 2.67. The molecule has 0 heterocycles. The molecule has 0 unspecified atom stereocenters. The van der Waals surface area contributed by atoms with Gasteiger partial charge in [0.15, 0.2) is 11.6 Å². The Morgan fingerprint density at radius 1 is 0.929 bits per heavy atom. The third-order valence-electron chi connectivity index (χ3n) is 4.77. The molecule has 6 heteroatoms. The van der Waals surface area contributed by atoms with Crippen molar-refractivity contribution < 1.29 is 19.5 Å². The molecule has 0 aliphatic heterocycles. The summed E-state index contributed by atoms with van der Waals surface area (Å²) in [5.74, 6) is -2.10. The van der Waals surface area contributed by atoms with Gasteiger partial charge in [-0.2, -0.15) is 0 Å². The number of nitrogen functional groups attached to an aromatic ring is 1. The number of nitrogens with one attached hydrogen (secondary N) is 1. The van der Waals surface area contributed by atoms with E-state index in [1.165, 1.54) is 6.07 Å². The minimum atomic E-state index is -1.27. The third kappa shape index (κ3) is 2.63. The van der Waals surface area contributed by atoms with Crippen molar-refractivity contribution in [3.8, 4) is 0 Å². The molecule has 0 amide bonds. The minimum Gasteiger partial charge on any atom is -0.478 e. The zero-order chi connectivity index (χ0) is 20.0. The molecule has 1 aliphatic rings. The maximum absolute atomic E-state index is 13.2. The summed E-state index contributed by atoms with van der Waals surface area (Å²) in [6.07, 6.45) is 0. The first-order valence-electron chi connectivity index (χ1n) is 8.60. The molecule has 4 rings (SSSR count). The van der Waals surface area contributed by atoms with E-state index in [-0.39, 0.29) is 45.0 Å². The zero-order valence-electron chi connectivity index (χ0n) is 14.9. The minimum absolute atomic E-state index is 0.0706. The number of anilines is 3. The fourth-order valence-corrected chi connectivity index (χ4v) is 3.47. The molecule has 138 valence electrons. The van der Waals surface area contributed by atoms with E-state index in [0.29, 0.717) is 5.69 Å². The molecule has 0 bridgehead atoms. The lowest BCUT2D eigenvalue weighted by Gasteiger charge is -2.23. The predicted molar refractivity (Wildman–Crippen MR) is 106 cm³/mol. The highest BCUT2D eigenvalue weighted by atomic mass is 16.4. The number of benzene rings is 3. The Kier molecular flexibility index (Phi) is 3.96. The number of carboxylic acids is 1. The molecule has 3 aromatic rings. The Bertz CT molecular complexity index is 1180. The van der Waals surface area contributed by atoms with Crippen LogP contribution in [0.15, 0.2) is 54.6 Å². The highest BCUT2D eigenvalue weighted by Crippen LogP contribution is 2.38. The van der Waals surface area contributed by atoms with Gasteiger partial charge in [0.25, 0.3) is 0 Å². The van der Waals surface area contributed by atoms with Crippen molar-refractivity contribution in [2.45, 2.75) is 6.92 Å². The Morgan fingerprint density at radius 2 is 1.57 bits per heavy atom. The van der Waals surface area contributed by atoms with Crippen molar-refractivity contribution in [1.82, 2.24) is 0 Å². The van der Waals surface area contributed by atoms with Gasteiger partial charge in [-0.15, -0.1) is 0 Å².